The van der Waals surface area contributed by atoms with Gasteiger partial charge in [-0.15, -0.1) is 0 Å². The maximum atomic E-state index is 5.56. The van der Waals surface area contributed by atoms with Crippen LogP contribution in [-0.2, 0) is 0 Å². The number of dihydropyridines is 1. The van der Waals surface area contributed by atoms with E-state index in [4.69, 9.17) is 10.3 Å². The van der Waals surface area contributed by atoms with Gasteiger partial charge in [0.1, 0.15) is 0 Å². The third kappa shape index (κ3) is 7.36. The van der Waals surface area contributed by atoms with Crippen LogP contribution in [0.2, 0.25) is 0 Å². The topological polar surface area (TPSA) is 50.5 Å². The first kappa shape index (κ1) is 37.8. The molecule has 9 aliphatic rings. The highest BCUT2D eigenvalue weighted by Gasteiger charge is 2.37. The molecule has 0 saturated heterocycles. The Morgan fingerprint density at radius 3 is 2.52 bits per heavy atom. The van der Waals surface area contributed by atoms with Crippen molar-refractivity contribution in [1.82, 2.24) is 10.6 Å². The minimum absolute atomic E-state index is 0.101. The van der Waals surface area contributed by atoms with E-state index in [1.165, 1.54) is 81.5 Å². The fourth-order valence-electron chi connectivity index (χ4n) is 11.8. The molecule has 0 spiro atoms. The molecule has 0 aromatic heterocycles. The molecule has 11 rings (SSSR count). The van der Waals surface area contributed by atoms with Crippen molar-refractivity contribution < 1.29 is 0 Å². The van der Waals surface area contributed by atoms with Crippen molar-refractivity contribution in [2.75, 3.05) is 6.54 Å². The van der Waals surface area contributed by atoms with Crippen molar-refractivity contribution in [1.29, 1.82) is 0 Å². The summed E-state index contributed by atoms with van der Waals surface area (Å²) in [6.07, 6.45) is 47.9. The van der Waals surface area contributed by atoms with Gasteiger partial charge in [-0.2, -0.15) is 0 Å². The monoisotopic (exact) mass is 787 g/mol. The molecule has 8 atom stereocenters. The molecule has 60 heavy (non-hydrogen) atoms. The molecular weight excluding hydrogens is 729 g/mol. The average molecular weight is 788 g/mol. The minimum atomic E-state index is -0.200. The number of rotatable bonds is 7. The Morgan fingerprint density at radius 2 is 1.63 bits per heavy atom. The first-order chi connectivity index (χ1) is 29.7. The highest BCUT2D eigenvalue weighted by Crippen LogP contribution is 2.52. The minimum Gasteiger partial charge on any atom is -0.613 e. The number of nitrogens with one attached hydrogen (secondary N) is 2. The lowest BCUT2D eigenvalue weighted by Gasteiger charge is -2.48. The molecule has 8 unspecified atom stereocenters. The van der Waals surface area contributed by atoms with Crippen molar-refractivity contribution in [3.8, 4) is 0 Å². The van der Waals surface area contributed by atoms with Crippen LogP contribution >= 0.6 is 0 Å². The molecule has 4 heteroatoms. The Hall–Kier alpha value is -5.19. The van der Waals surface area contributed by atoms with Crippen LogP contribution in [0.15, 0.2) is 184 Å². The molecule has 0 radical (unpaired) electrons. The lowest BCUT2D eigenvalue weighted by molar-refractivity contribution is 0.446. The van der Waals surface area contributed by atoms with Crippen molar-refractivity contribution in [2.24, 2.45) is 34.6 Å². The molecule has 2 heterocycles. The van der Waals surface area contributed by atoms with Crippen molar-refractivity contribution in [2.45, 2.75) is 95.3 Å². The van der Waals surface area contributed by atoms with E-state index in [0.29, 0.717) is 35.5 Å². The molecule has 0 saturated carbocycles. The number of aliphatic imine (C=N–C) groups is 1. The van der Waals surface area contributed by atoms with Gasteiger partial charge in [0, 0.05) is 41.8 Å². The Kier molecular flexibility index (Phi) is 10.5. The normalized spacial score (nSPS) is 32.0. The smallest absolute Gasteiger partial charge is 0.0972 e. The number of benzene rings is 2. The zero-order valence-corrected chi connectivity index (χ0v) is 35.0. The van der Waals surface area contributed by atoms with Crippen LogP contribution in [0.3, 0.4) is 0 Å². The van der Waals surface area contributed by atoms with E-state index in [2.05, 4.69) is 150 Å². The van der Waals surface area contributed by atoms with Crippen LogP contribution in [0, 0.1) is 29.6 Å². The molecule has 4 nitrogen and oxygen atoms in total. The Labute approximate surface area is 357 Å². The molecule has 2 aromatic carbocycles. The van der Waals surface area contributed by atoms with Gasteiger partial charge in [0.25, 0.3) is 0 Å². The number of amidine groups is 1. The van der Waals surface area contributed by atoms with E-state index in [1.807, 2.05) is 0 Å². The second-order valence-corrected chi connectivity index (χ2v) is 18.5. The first-order valence-corrected chi connectivity index (χ1v) is 23.3. The number of fused-ring (bicyclic) bond motifs is 6. The van der Waals surface area contributed by atoms with Gasteiger partial charge in [-0.3, -0.25) is 4.99 Å². The predicted octanol–water partition coefficient (Wildman–Crippen LogP) is 13.1. The zero-order valence-electron chi connectivity index (χ0n) is 35.0. The van der Waals surface area contributed by atoms with E-state index in [0.717, 1.165) is 63.7 Å². The molecule has 0 amide bonds. The Bertz CT molecular complexity index is 2390. The van der Waals surface area contributed by atoms with Crippen molar-refractivity contribution in [3.63, 3.8) is 0 Å². The van der Waals surface area contributed by atoms with Crippen LogP contribution in [0.1, 0.15) is 106 Å². The number of hydrogen-bond donors (Lipinski definition) is 2. The van der Waals surface area contributed by atoms with Gasteiger partial charge in [-0.25, -0.2) is 0 Å². The quantitative estimate of drug-likeness (QED) is 0.275. The summed E-state index contributed by atoms with van der Waals surface area (Å²) in [6, 6.07) is 20.0. The number of allylic oxidation sites excluding steroid dienone is 19. The van der Waals surface area contributed by atoms with Crippen LogP contribution in [0.5, 0.6) is 0 Å². The van der Waals surface area contributed by atoms with E-state index in [9.17, 15) is 0 Å². The second-order valence-electron chi connectivity index (χ2n) is 18.5. The molecule has 0 fully saturated rings. The van der Waals surface area contributed by atoms with Gasteiger partial charge in [-0.05, 0) is 140 Å². The van der Waals surface area contributed by atoms with Gasteiger partial charge < -0.3 is 16.0 Å². The molecule has 0 bridgehead atoms. The molecule has 2 aromatic rings. The number of nitrogens with zero attached hydrogens (tertiary/aromatic N) is 2. The maximum Gasteiger partial charge on any atom is 0.0972 e. The highest BCUT2D eigenvalue weighted by atomic mass is 15.3. The summed E-state index contributed by atoms with van der Waals surface area (Å²) in [5, 5.41) is 13.4. The van der Waals surface area contributed by atoms with E-state index < -0.39 is 0 Å². The predicted molar refractivity (Wildman–Crippen MR) is 249 cm³/mol. The summed E-state index contributed by atoms with van der Waals surface area (Å²) < 4.78 is 0. The maximum absolute atomic E-state index is 5.56. The van der Waals surface area contributed by atoms with E-state index in [1.54, 1.807) is 5.57 Å². The van der Waals surface area contributed by atoms with Gasteiger partial charge in [-0.1, -0.05) is 151 Å². The van der Waals surface area contributed by atoms with Gasteiger partial charge >= 0.3 is 0 Å². The van der Waals surface area contributed by atoms with Gasteiger partial charge in [0.15, 0.2) is 0 Å². The fraction of sp³-hybridized carbons (Fsp3) is 0.375. The zero-order chi connectivity index (χ0) is 39.8. The van der Waals surface area contributed by atoms with Gasteiger partial charge in [0.2, 0.25) is 0 Å². The summed E-state index contributed by atoms with van der Waals surface area (Å²) in [5.41, 5.74) is 16.1. The largest absolute Gasteiger partial charge is 0.613 e. The lowest BCUT2D eigenvalue weighted by atomic mass is 9.65. The Morgan fingerprint density at radius 1 is 0.733 bits per heavy atom. The van der Waals surface area contributed by atoms with Crippen LogP contribution in [0.25, 0.3) is 10.9 Å². The molecule has 2 N–H and O–H groups in total. The van der Waals surface area contributed by atoms with Gasteiger partial charge in [0.05, 0.1) is 5.84 Å². The van der Waals surface area contributed by atoms with Crippen molar-refractivity contribution >= 4 is 11.4 Å². The number of hydrogen-bond acceptors (Lipinski definition) is 3. The second kappa shape index (κ2) is 16.7. The molecule has 304 valence electrons. The summed E-state index contributed by atoms with van der Waals surface area (Å²) in [7, 11) is 0. The third-order valence-corrected chi connectivity index (χ3v) is 14.9. The standard InChI is InChI=1S/C56H59N4/c1-4-16-37(17-5-1)53-46(28-15-31-57-53)44-33-43(34-45(35-44)56-59-54(38-18-6-2-7-19-38)58-55(60-56)39-20-8-3-9-21-39)41-23-14-22-40(32-41)42-29-30-51-49-26-11-10-24-47(49)48-25-12-13-27-50(48)52(51)36-42/h2-3,6-8,10-13,15-16,18-19,23-28,30,32,35-36,39,42-44,47,49,54,56-57H,1,4-5,9,14,17,20-22,29,31,33-34H2,(H,58,60)/q-1. The van der Waals surface area contributed by atoms with Crippen molar-refractivity contribution in [3.05, 3.63) is 201 Å². The average Bonchev–Trinajstić information content (AvgIpc) is 3.34. The first-order valence-electron chi connectivity index (χ1n) is 23.3. The van der Waals surface area contributed by atoms with Crippen LogP contribution in [-0.4, -0.2) is 18.5 Å². The van der Waals surface area contributed by atoms with E-state index in [-0.39, 0.29) is 12.3 Å². The molecule has 7 aliphatic carbocycles. The Balaban J connectivity index is 0.942. The summed E-state index contributed by atoms with van der Waals surface area (Å²) >= 11 is 0. The third-order valence-electron chi connectivity index (χ3n) is 14.9. The SMILES string of the molecule is C1=CC2C3=CCC(C4=CC(C5CC(C6[N-]C(c7ccccc7)N=C(C7CC=CCC7)N6)=CC(C6=C(C7=CCCCC7)NCC=C6)C5)=CCC4)C=C3c3ccccc3C2C=C1. The fourth-order valence-corrected chi connectivity index (χ4v) is 11.8. The summed E-state index contributed by atoms with van der Waals surface area (Å²) in [6.45, 7) is 0.903. The van der Waals surface area contributed by atoms with Crippen LogP contribution < -0.4 is 10.6 Å². The molecule has 2 aliphatic heterocycles. The highest BCUT2D eigenvalue weighted by molar-refractivity contribution is 5.87. The summed E-state index contributed by atoms with van der Waals surface area (Å²) in [4.78, 5) is 5.34. The summed E-state index contributed by atoms with van der Waals surface area (Å²) in [5.74, 6) is 3.57. The molecular formula is C56H59N4-. The van der Waals surface area contributed by atoms with E-state index >= 15 is 0 Å². The van der Waals surface area contributed by atoms with Crippen LogP contribution in [0.4, 0.5) is 0 Å². The lowest BCUT2D eigenvalue weighted by Crippen LogP contribution is -2.45.